The van der Waals surface area contributed by atoms with Crippen molar-refractivity contribution < 1.29 is 9.53 Å². The van der Waals surface area contributed by atoms with Gasteiger partial charge in [-0.25, -0.2) is 9.78 Å². The molecule has 1 aliphatic heterocycles. The van der Waals surface area contributed by atoms with Gasteiger partial charge in [-0.05, 0) is 36.5 Å². The summed E-state index contributed by atoms with van der Waals surface area (Å²) in [5.41, 5.74) is 1.26. The predicted octanol–water partition coefficient (Wildman–Crippen LogP) is 3.38. The van der Waals surface area contributed by atoms with Gasteiger partial charge in [0.1, 0.15) is 5.82 Å². The number of carbonyl (C=O) groups is 1. The van der Waals surface area contributed by atoms with E-state index in [1.165, 1.54) is 7.11 Å². The molecule has 0 bridgehead atoms. The summed E-state index contributed by atoms with van der Waals surface area (Å²) in [5.74, 6) is 3.41. The molecule has 0 unspecified atom stereocenters. The lowest BCUT2D eigenvalue weighted by atomic mass is 10.0. The first kappa shape index (κ1) is 13.8. The minimum Gasteiger partial charge on any atom is -0.465 e. The van der Waals surface area contributed by atoms with Crippen molar-refractivity contribution in [1.29, 1.82) is 0 Å². The summed E-state index contributed by atoms with van der Waals surface area (Å²) in [7, 11) is 1.37. The summed E-state index contributed by atoms with van der Waals surface area (Å²) < 4.78 is 6.73. The molecule has 1 saturated heterocycles. The molecule has 2 aromatic rings. The minimum absolute atomic E-state index is 0.361. The molecule has 6 heteroatoms. The zero-order chi connectivity index (χ0) is 14.1. The van der Waals surface area contributed by atoms with Crippen LogP contribution in [0.15, 0.2) is 18.3 Å². The van der Waals surface area contributed by atoms with Gasteiger partial charge < -0.3 is 9.14 Å². The quantitative estimate of drug-likeness (QED) is 0.798. The number of pyridine rings is 1. The van der Waals surface area contributed by atoms with Gasteiger partial charge in [0, 0.05) is 12.1 Å². The fourth-order valence-corrected chi connectivity index (χ4v) is 3.90. The van der Waals surface area contributed by atoms with Crippen molar-refractivity contribution in [2.45, 2.75) is 18.8 Å². The number of fused-ring (bicyclic) bond motifs is 1. The Balaban J connectivity index is 2.05. The van der Waals surface area contributed by atoms with Gasteiger partial charge >= 0.3 is 5.97 Å². The van der Waals surface area contributed by atoms with Crippen molar-refractivity contribution >= 4 is 34.8 Å². The summed E-state index contributed by atoms with van der Waals surface area (Å²) in [6, 6.07) is 3.49. The lowest BCUT2D eigenvalue weighted by molar-refractivity contribution is 0.0600. The van der Waals surface area contributed by atoms with Crippen molar-refractivity contribution in [1.82, 2.24) is 9.38 Å². The summed E-state index contributed by atoms with van der Waals surface area (Å²) in [4.78, 5) is 16.1. The van der Waals surface area contributed by atoms with Crippen LogP contribution in [0.3, 0.4) is 0 Å². The Morgan fingerprint density at radius 1 is 1.50 bits per heavy atom. The number of nitrogens with zero attached hydrogens (tertiary/aromatic N) is 2. The van der Waals surface area contributed by atoms with E-state index < -0.39 is 0 Å². The van der Waals surface area contributed by atoms with E-state index in [2.05, 4.69) is 4.98 Å². The summed E-state index contributed by atoms with van der Waals surface area (Å²) >= 11 is 8.21. The Bertz CT molecular complexity index is 650. The first-order valence-electron chi connectivity index (χ1n) is 6.54. The van der Waals surface area contributed by atoms with Crippen LogP contribution in [0.2, 0.25) is 5.15 Å². The van der Waals surface area contributed by atoms with Crippen LogP contribution in [0.1, 0.15) is 34.9 Å². The number of methoxy groups -OCH3 is 1. The second-order valence-corrected chi connectivity index (χ2v) is 6.39. The zero-order valence-corrected chi connectivity index (χ0v) is 12.7. The average molecular weight is 311 g/mol. The van der Waals surface area contributed by atoms with Gasteiger partial charge in [0.05, 0.1) is 18.2 Å². The van der Waals surface area contributed by atoms with Crippen molar-refractivity contribution in [3.8, 4) is 0 Å². The van der Waals surface area contributed by atoms with E-state index >= 15 is 0 Å². The maximum atomic E-state index is 11.6. The third-order valence-corrected chi connectivity index (χ3v) is 4.96. The molecule has 0 saturated carbocycles. The number of thioether (sulfide) groups is 1. The number of rotatable bonds is 2. The van der Waals surface area contributed by atoms with Gasteiger partial charge in [-0.1, -0.05) is 11.6 Å². The lowest BCUT2D eigenvalue weighted by Crippen LogP contribution is -2.11. The van der Waals surface area contributed by atoms with Gasteiger partial charge in [-0.15, -0.1) is 0 Å². The maximum absolute atomic E-state index is 11.6. The number of hydrogen-bond acceptors (Lipinski definition) is 4. The smallest absolute Gasteiger partial charge is 0.337 e. The van der Waals surface area contributed by atoms with Crippen molar-refractivity contribution in [3.05, 3.63) is 34.9 Å². The van der Waals surface area contributed by atoms with Gasteiger partial charge in [0.2, 0.25) is 0 Å². The van der Waals surface area contributed by atoms with Crippen LogP contribution in [0.25, 0.3) is 5.52 Å². The van der Waals surface area contributed by atoms with Gasteiger partial charge in [-0.3, -0.25) is 0 Å². The molecule has 0 amide bonds. The van der Waals surface area contributed by atoms with E-state index in [0.717, 1.165) is 35.7 Å². The molecule has 0 radical (unpaired) electrons. The zero-order valence-electron chi connectivity index (χ0n) is 11.1. The SMILES string of the molecule is COC(=O)c1ccn2c(C3CCSCC3)nc(Cl)c2c1. The summed E-state index contributed by atoms with van der Waals surface area (Å²) in [6.07, 6.45) is 4.11. The molecule has 3 heterocycles. The van der Waals surface area contributed by atoms with Crippen LogP contribution >= 0.6 is 23.4 Å². The van der Waals surface area contributed by atoms with Crippen LogP contribution in [-0.4, -0.2) is 34.0 Å². The molecular formula is C14H15ClN2O2S. The van der Waals surface area contributed by atoms with E-state index in [1.807, 2.05) is 22.4 Å². The number of aromatic nitrogens is 2. The summed E-state index contributed by atoms with van der Waals surface area (Å²) in [6.45, 7) is 0. The molecule has 2 aromatic heterocycles. The largest absolute Gasteiger partial charge is 0.465 e. The van der Waals surface area contributed by atoms with Crippen LogP contribution in [-0.2, 0) is 4.74 Å². The third-order valence-electron chi connectivity index (χ3n) is 3.63. The van der Waals surface area contributed by atoms with E-state index in [4.69, 9.17) is 16.3 Å². The Morgan fingerprint density at radius 2 is 2.25 bits per heavy atom. The van der Waals surface area contributed by atoms with Crippen molar-refractivity contribution in [3.63, 3.8) is 0 Å². The number of hydrogen-bond donors (Lipinski definition) is 0. The molecule has 0 spiro atoms. The van der Waals surface area contributed by atoms with E-state index in [-0.39, 0.29) is 5.97 Å². The Morgan fingerprint density at radius 3 is 2.95 bits per heavy atom. The molecule has 0 N–H and O–H groups in total. The average Bonchev–Trinajstić information content (AvgIpc) is 2.84. The molecule has 1 fully saturated rings. The number of ether oxygens (including phenoxy) is 1. The van der Waals surface area contributed by atoms with Gasteiger partial charge in [0.25, 0.3) is 0 Å². The molecule has 0 atom stereocenters. The highest BCUT2D eigenvalue weighted by atomic mass is 35.5. The predicted molar refractivity (Wildman–Crippen MR) is 80.8 cm³/mol. The minimum atomic E-state index is -0.361. The van der Waals surface area contributed by atoms with Gasteiger partial charge in [0.15, 0.2) is 5.15 Å². The number of carbonyl (C=O) groups excluding carboxylic acids is 1. The molecule has 0 aliphatic carbocycles. The fraction of sp³-hybridized carbons (Fsp3) is 0.429. The number of imidazole rings is 1. The Kier molecular flexibility index (Phi) is 3.89. The second kappa shape index (κ2) is 5.66. The normalized spacial score (nSPS) is 16.5. The molecule has 4 nitrogen and oxygen atoms in total. The van der Waals surface area contributed by atoms with E-state index in [0.29, 0.717) is 16.6 Å². The highest BCUT2D eigenvalue weighted by molar-refractivity contribution is 7.99. The lowest BCUT2D eigenvalue weighted by Gasteiger charge is -2.20. The Labute approximate surface area is 126 Å². The molecule has 0 aromatic carbocycles. The first-order valence-corrected chi connectivity index (χ1v) is 8.07. The second-order valence-electron chi connectivity index (χ2n) is 4.81. The maximum Gasteiger partial charge on any atom is 0.337 e. The molecule has 3 rings (SSSR count). The monoisotopic (exact) mass is 310 g/mol. The van der Waals surface area contributed by atoms with Crippen molar-refractivity contribution in [2.75, 3.05) is 18.6 Å². The summed E-state index contributed by atoms with van der Waals surface area (Å²) in [5, 5.41) is 0.448. The van der Waals surface area contributed by atoms with E-state index in [9.17, 15) is 4.79 Å². The van der Waals surface area contributed by atoms with Crippen LogP contribution < -0.4 is 0 Å². The number of esters is 1. The molecule has 106 valence electrons. The van der Waals surface area contributed by atoms with Crippen LogP contribution in [0, 0.1) is 0 Å². The molecule has 1 aliphatic rings. The van der Waals surface area contributed by atoms with Crippen LogP contribution in [0.5, 0.6) is 0 Å². The highest BCUT2D eigenvalue weighted by Crippen LogP contribution is 2.33. The first-order chi connectivity index (χ1) is 9.70. The van der Waals surface area contributed by atoms with Crippen LogP contribution in [0.4, 0.5) is 0 Å². The van der Waals surface area contributed by atoms with E-state index in [1.54, 1.807) is 12.1 Å². The van der Waals surface area contributed by atoms with Crippen molar-refractivity contribution in [2.24, 2.45) is 0 Å². The molecular weight excluding hydrogens is 296 g/mol. The third kappa shape index (κ3) is 2.40. The number of halogens is 1. The molecule has 20 heavy (non-hydrogen) atoms. The standard InChI is InChI=1S/C14H15ClN2O2S/c1-19-14(18)10-2-5-17-11(8-10)12(15)16-13(17)9-3-6-20-7-4-9/h2,5,8-9H,3-4,6-7H2,1H3. The Hall–Kier alpha value is -1.20. The van der Waals surface area contributed by atoms with Gasteiger partial charge in [-0.2, -0.15) is 11.8 Å². The fourth-order valence-electron chi connectivity index (χ4n) is 2.56. The topological polar surface area (TPSA) is 43.6 Å². The highest BCUT2D eigenvalue weighted by Gasteiger charge is 2.22.